The number of aromatic nitrogens is 6. The van der Waals surface area contributed by atoms with Crippen LogP contribution in [0.25, 0.3) is 88.6 Å². The summed E-state index contributed by atoms with van der Waals surface area (Å²) < 4.78 is 0. The maximum atomic E-state index is 5.11. The van der Waals surface area contributed by atoms with Gasteiger partial charge in [0.25, 0.3) is 0 Å². The molecule has 0 aliphatic rings. The molecule has 0 unspecified atom stereocenters. The number of benzene rings is 3. The SMILES string of the molecule is c1ccc(-c2cc(-c3ccc(-c4c5ccccc5nc5c4ccc4cccnc45)c4ncccc34)cc(-c3ccccn3)n2)nc1. The predicted octanol–water partition coefficient (Wildman–Crippen LogP) is 9.34. The zero-order valence-electron chi connectivity index (χ0n) is 24.5. The van der Waals surface area contributed by atoms with E-state index in [0.29, 0.717) is 0 Å². The van der Waals surface area contributed by atoms with Gasteiger partial charge < -0.3 is 0 Å². The molecule has 0 spiro atoms. The molecular weight excluding hydrogens is 564 g/mol. The minimum absolute atomic E-state index is 0.783. The molecule has 3 aromatic carbocycles. The van der Waals surface area contributed by atoms with Crippen molar-refractivity contribution in [2.45, 2.75) is 0 Å². The fourth-order valence-electron chi connectivity index (χ4n) is 6.39. The Bertz CT molecular complexity index is 2530. The smallest absolute Gasteiger partial charge is 0.0978 e. The first-order valence-corrected chi connectivity index (χ1v) is 15.1. The fraction of sp³-hybridized carbons (Fsp3) is 0. The highest BCUT2D eigenvalue weighted by Gasteiger charge is 2.19. The summed E-state index contributed by atoms with van der Waals surface area (Å²) in [5, 5.41) is 4.22. The summed E-state index contributed by atoms with van der Waals surface area (Å²) in [5.74, 6) is 0. The van der Waals surface area contributed by atoms with Crippen LogP contribution in [0.1, 0.15) is 0 Å². The van der Waals surface area contributed by atoms with Crippen molar-refractivity contribution in [1.82, 2.24) is 29.9 Å². The molecule has 0 saturated carbocycles. The Kier molecular flexibility index (Phi) is 6.03. The number of rotatable bonds is 4. The van der Waals surface area contributed by atoms with E-state index in [2.05, 4.69) is 76.7 Å². The zero-order chi connectivity index (χ0) is 30.5. The summed E-state index contributed by atoms with van der Waals surface area (Å²) >= 11 is 0. The Hall–Kier alpha value is -6.40. The number of hydrogen-bond donors (Lipinski definition) is 0. The van der Waals surface area contributed by atoms with Gasteiger partial charge in [-0.15, -0.1) is 0 Å². The summed E-state index contributed by atoms with van der Waals surface area (Å²) in [5.41, 5.74) is 11.0. The average Bonchev–Trinajstić information content (AvgIpc) is 3.14. The van der Waals surface area contributed by atoms with Crippen molar-refractivity contribution in [3.63, 3.8) is 0 Å². The molecule has 0 fully saturated rings. The number of fused-ring (bicyclic) bond motifs is 5. The third-order valence-electron chi connectivity index (χ3n) is 8.45. The molecule has 0 bridgehead atoms. The van der Waals surface area contributed by atoms with Gasteiger partial charge in [0.15, 0.2) is 0 Å². The number of nitrogens with zero attached hydrogens (tertiary/aromatic N) is 6. The van der Waals surface area contributed by atoms with Gasteiger partial charge in [-0.25, -0.2) is 9.97 Å². The minimum Gasteiger partial charge on any atom is -0.256 e. The molecule has 46 heavy (non-hydrogen) atoms. The van der Waals surface area contributed by atoms with Crippen LogP contribution in [0.4, 0.5) is 0 Å². The zero-order valence-corrected chi connectivity index (χ0v) is 24.5. The second kappa shape index (κ2) is 10.6. The van der Waals surface area contributed by atoms with Crippen LogP contribution in [0.3, 0.4) is 0 Å². The Labute approximate surface area is 264 Å². The summed E-state index contributed by atoms with van der Waals surface area (Å²) in [6.45, 7) is 0. The molecule has 0 aliphatic heterocycles. The van der Waals surface area contributed by atoms with Crippen molar-refractivity contribution >= 4 is 43.6 Å². The van der Waals surface area contributed by atoms with Gasteiger partial charge in [0.2, 0.25) is 0 Å². The molecule has 214 valence electrons. The predicted molar refractivity (Wildman–Crippen MR) is 185 cm³/mol. The van der Waals surface area contributed by atoms with Crippen LogP contribution in [-0.2, 0) is 0 Å². The first-order valence-electron chi connectivity index (χ1n) is 15.1. The van der Waals surface area contributed by atoms with Crippen LogP contribution in [0.5, 0.6) is 0 Å². The maximum Gasteiger partial charge on any atom is 0.0978 e. The van der Waals surface area contributed by atoms with E-state index in [1.165, 1.54) is 0 Å². The highest BCUT2D eigenvalue weighted by atomic mass is 14.8. The van der Waals surface area contributed by atoms with Gasteiger partial charge in [-0.1, -0.05) is 66.7 Å². The van der Waals surface area contributed by atoms with Crippen LogP contribution >= 0.6 is 0 Å². The lowest BCUT2D eigenvalue weighted by Crippen LogP contribution is -1.96. The van der Waals surface area contributed by atoms with Crippen molar-refractivity contribution < 1.29 is 0 Å². The number of pyridine rings is 6. The lowest BCUT2D eigenvalue weighted by Gasteiger charge is -2.16. The van der Waals surface area contributed by atoms with Gasteiger partial charge in [-0.3, -0.25) is 19.9 Å². The van der Waals surface area contributed by atoms with Crippen molar-refractivity contribution in [3.05, 3.63) is 146 Å². The number of para-hydroxylation sites is 1. The van der Waals surface area contributed by atoms with Crippen LogP contribution in [0, 0.1) is 0 Å². The molecule has 0 N–H and O–H groups in total. The summed E-state index contributed by atoms with van der Waals surface area (Å²) in [6, 6.07) is 41.1. The molecule has 0 atom stereocenters. The van der Waals surface area contributed by atoms with Crippen molar-refractivity contribution in [2.75, 3.05) is 0 Å². The minimum atomic E-state index is 0.783. The van der Waals surface area contributed by atoms with E-state index in [1.807, 2.05) is 67.0 Å². The maximum absolute atomic E-state index is 5.11. The molecule has 0 radical (unpaired) electrons. The van der Waals surface area contributed by atoms with Gasteiger partial charge >= 0.3 is 0 Å². The Morgan fingerprint density at radius 2 is 1.02 bits per heavy atom. The second-order valence-electron chi connectivity index (χ2n) is 11.2. The van der Waals surface area contributed by atoms with E-state index < -0.39 is 0 Å². The Morgan fingerprint density at radius 3 is 1.78 bits per heavy atom. The number of hydrogen-bond acceptors (Lipinski definition) is 6. The van der Waals surface area contributed by atoms with Crippen LogP contribution < -0.4 is 0 Å². The van der Waals surface area contributed by atoms with Crippen LogP contribution in [0.15, 0.2) is 146 Å². The van der Waals surface area contributed by atoms with Gasteiger partial charge in [0, 0.05) is 57.5 Å². The summed E-state index contributed by atoms with van der Waals surface area (Å²) in [7, 11) is 0. The topological polar surface area (TPSA) is 77.3 Å². The highest BCUT2D eigenvalue weighted by Crippen LogP contribution is 2.42. The van der Waals surface area contributed by atoms with Crippen molar-refractivity contribution in [2.24, 2.45) is 0 Å². The van der Waals surface area contributed by atoms with Crippen molar-refractivity contribution in [3.8, 4) is 45.0 Å². The monoisotopic (exact) mass is 588 g/mol. The molecule has 0 aliphatic carbocycles. The molecule has 6 heterocycles. The molecule has 6 heteroatoms. The highest BCUT2D eigenvalue weighted by molar-refractivity contribution is 6.19. The van der Waals surface area contributed by atoms with E-state index in [0.717, 1.165) is 88.6 Å². The van der Waals surface area contributed by atoms with Gasteiger partial charge in [0.1, 0.15) is 0 Å². The largest absolute Gasteiger partial charge is 0.256 e. The third-order valence-corrected chi connectivity index (χ3v) is 8.45. The summed E-state index contributed by atoms with van der Waals surface area (Å²) in [6.07, 6.45) is 7.28. The second-order valence-corrected chi connectivity index (χ2v) is 11.2. The van der Waals surface area contributed by atoms with Gasteiger partial charge in [-0.05, 0) is 65.7 Å². The average molecular weight is 589 g/mol. The van der Waals surface area contributed by atoms with E-state index in [1.54, 1.807) is 12.4 Å². The standard InChI is InChI=1S/C40H24N6/c1-2-12-32-29(10-1)37(31-16-15-25-9-7-21-43-38(25)40(31)46-32)30-18-17-27(28-11-8-22-44-39(28)30)26-23-35(33-13-3-5-19-41-33)45-36(24-26)34-14-4-6-20-42-34/h1-24H. The molecule has 9 aromatic rings. The molecular formula is C40H24N6. The van der Waals surface area contributed by atoms with E-state index in [-0.39, 0.29) is 0 Å². The van der Waals surface area contributed by atoms with E-state index >= 15 is 0 Å². The fourth-order valence-corrected chi connectivity index (χ4v) is 6.39. The van der Waals surface area contributed by atoms with Crippen LogP contribution in [0.2, 0.25) is 0 Å². The van der Waals surface area contributed by atoms with Crippen LogP contribution in [-0.4, -0.2) is 29.9 Å². The molecule has 0 saturated heterocycles. The van der Waals surface area contributed by atoms with E-state index in [9.17, 15) is 0 Å². The summed E-state index contributed by atoms with van der Waals surface area (Å²) in [4.78, 5) is 29.1. The van der Waals surface area contributed by atoms with Gasteiger partial charge in [0.05, 0.1) is 44.8 Å². The normalized spacial score (nSPS) is 11.5. The first-order chi connectivity index (χ1) is 22.8. The molecule has 6 aromatic heterocycles. The molecule has 6 nitrogen and oxygen atoms in total. The Balaban J connectivity index is 1.33. The third kappa shape index (κ3) is 4.27. The lowest BCUT2D eigenvalue weighted by atomic mass is 9.90. The van der Waals surface area contributed by atoms with Gasteiger partial charge in [-0.2, -0.15) is 0 Å². The lowest BCUT2D eigenvalue weighted by molar-refractivity contribution is 1.22. The van der Waals surface area contributed by atoms with E-state index in [4.69, 9.17) is 19.9 Å². The van der Waals surface area contributed by atoms with Crippen molar-refractivity contribution in [1.29, 1.82) is 0 Å². The molecule has 9 rings (SSSR count). The quantitative estimate of drug-likeness (QED) is 0.151. The molecule has 0 amide bonds. The first kappa shape index (κ1) is 26.0. The Morgan fingerprint density at radius 1 is 0.370 bits per heavy atom.